The Labute approximate surface area is 126 Å². The number of aliphatic hydroxyl groups is 1. The molecule has 0 saturated heterocycles. The van der Waals surface area contributed by atoms with Crippen LogP contribution < -0.4 is 4.72 Å². The van der Waals surface area contributed by atoms with Crippen molar-refractivity contribution in [1.29, 1.82) is 0 Å². The number of nitrogens with one attached hydrogen (secondary N) is 1. The van der Waals surface area contributed by atoms with Gasteiger partial charge in [0.15, 0.2) is 0 Å². The van der Waals surface area contributed by atoms with Gasteiger partial charge in [-0.25, -0.2) is 13.1 Å². The molecule has 6 nitrogen and oxygen atoms in total. The van der Waals surface area contributed by atoms with Crippen molar-refractivity contribution in [1.82, 2.24) is 9.29 Å². The molecule has 2 unspecified atom stereocenters. The smallest absolute Gasteiger partial charge is 0.242 e. The SMILES string of the molecule is CCCn1cc(S(=O)(=O)NC2CCCC2OC)cc1CO. The number of sulfonamides is 1. The summed E-state index contributed by atoms with van der Waals surface area (Å²) in [6.45, 7) is 2.53. The molecule has 2 atom stereocenters. The second-order valence-corrected chi connectivity index (χ2v) is 7.17. The van der Waals surface area contributed by atoms with Crippen molar-refractivity contribution in [2.45, 2.75) is 62.8 Å². The van der Waals surface area contributed by atoms with Gasteiger partial charge in [-0.15, -0.1) is 0 Å². The fourth-order valence-corrected chi connectivity index (χ4v) is 4.23. The third-order valence-corrected chi connectivity index (χ3v) is 5.42. The number of methoxy groups -OCH3 is 1. The molecular formula is C14H24N2O4S. The largest absolute Gasteiger partial charge is 0.390 e. The number of aryl methyl sites for hydroxylation is 1. The van der Waals surface area contributed by atoms with Crippen molar-refractivity contribution in [2.75, 3.05) is 7.11 Å². The van der Waals surface area contributed by atoms with Crippen molar-refractivity contribution in [3.05, 3.63) is 18.0 Å². The average molecular weight is 316 g/mol. The average Bonchev–Trinajstić information content (AvgIpc) is 3.05. The van der Waals surface area contributed by atoms with E-state index in [9.17, 15) is 13.5 Å². The molecule has 1 aliphatic carbocycles. The van der Waals surface area contributed by atoms with Crippen LogP contribution >= 0.6 is 0 Å². The van der Waals surface area contributed by atoms with Crippen LogP contribution in [0.4, 0.5) is 0 Å². The molecule has 1 heterocycles. The van der Waals surface area contributed by atoms with Gasteiger partial charge < -0.3 is 14.4 Å². The molecule has 7 heteroatoms. The number of ether oxygens (including phenoxy) is 1. The van der Waals surface area contributed by atoms with E-state index in [0.29, 0.717) is 12.2 Å². The van der Waals surface area contributed by atoms with E-state index in [4.69, 9.17) is 4.74 Å². The molecule has 2 N–H and O–H groups in total. The molecule has 0 bridgehead atoms. The minimum Gasteiger partial charge on any atom is -0.390 e. The van der Waals surface area contributed by atoms with E-state index in [0.717, 1.165) is 25.7 Å². The first-order valence-electron chi connectivity index (χ1n) is 7.36. The molecule has 0 radical (unpaired) electrons. The molecule has 2 rings (SSSR count). The Balaban J connectivity index is 2.19. The molecule has 1 fully saturated rings. The first kappa shape index (κ1) is 16.5. The Morgan fingerprint density at radius 2 is 2.24 bits per heavy atom. The summed E-state index contributed by atoms with van der Waals surface area (Å²) in [6, 6.07) is 1.36. The summed E-state index contributed by atoms with van der Waals surface area (Å²) in [4.78, 5) is 0.210. The lowest BCUT2D eigenvalue weighted by atomic mass is 10.2. The molecule has 0 spiro atoms. The number of hydrogen-bond acceptors (Lipinski definition) is 4. The molecule has 0 aromatic carbocycles. The van der Waals surface area contributed by atoms with Crippen LogP contribution in [0.3, 0.4) is 0 Å². The lowest BCUT2D eigenvalue weighted by Crippen LogP contribution is -2.40. The number of hydrogen-bond donors (Lipinski definition) is 2. The Bertz CT molecular complexity index is 568. The van der Waals surface area contributed by atoms with E-state index in [-0.39, 0.29) is 23.6 Å². The van der Waals surface area contributed by atoms with Crippen molar-refractivity contribution < 1.29 is 18.3 Å². The normalized spacial score (nSPS) is 22.8. The van der Waals surface area contributed by atoms with E-state index < -0.39 is 10.0 Å². The first-order chi connectivity index (χ1) is 10.0. The van der Waals surface area contributed by atoms with Gasteiger partial charge in [-0.05, 0) is 31.7 Å². The minimum atomic E-state index is -3.58. The Morgan fingerprint density at radius 1 is 1.48 bits per heavy atom. The van der Waals surface area contributed by atoms with E-state index in [1.807, 2.05) is 6.92 Å². The highest BCUT2D eigenvalue weighted by Gasteiger charge is 2.31. The highest BCUT2D eigenvalue weighted by molar-refractivity contribution is 7.89. The second-order valence-electron chi connectivity index (χ2n) is 5.45. The van der Waals surface area contributed by atoms with Gasteiger partial charge in [-0.1, -0.05) is 6.92 Å². The van der Waals surface area contributed by atoms with Gasteiger partial charge >= 0.3 is 0 Å². The van der Waals surface area contributed by atoms with Gasteiger partial charge in [-0.2, -0.15) is 0 Å². The lowest BCUT2D eigenvalue weighted by Gasteiger charge is -2.19. The molecule has 0 amide bonds. The minimum absolute atomic E-state index is 0.0604. The summed E-state index contributed by atoms with van der Waals surface area (Å²) in [5.74, 6) is 0. The van der Waals surface area contributed by atoms with Crippen LogP contribution in [-0.4, -0.2) is 37.3 Å². The van der Waals surface area contributed by atoms with Crippen molar-refractivity contribution in [3.8, 4) is 0 Å². The van der Waals surface area contributed by atoms with Gasteiger partial charge in [0.2, 0.25) is 10.0 Å². The molecule has 1 saturated carbocycles. The van der Waals surface area contributed by atoms with Crippen LogP contribution in [0, 0.1) is 0 Å². The van der Waals surface area contributed by atoms with E-state index in [1.54, 1.807) is 17.9 Å². The zero-order valence-corrected chi connectivity index (χ0v) is 13.4. The number of rotatable bonds is 7. The number of aromatic nitrogens is 1. The maximum absolute atomic E-state index is 12.5. The maximum atomic E-state index is 12.5. The summed E-state index contributed by atoms with van der Waals surface area (Å²) >= 11 is 0. The van der Waals surface area contributed by atoms with Crippen LogP contribution in [-0.2, 0) is 27.9 Å². The van der Waals surface area contributed by atoms with Gasteiger partial charge in [0.25, 0.3) is 0 Å². The highest BCUT2D eigenvalue weighted by Crippen LogP contribution is 2.24. The topological polar surface area (TPSA) is 80.6 Å². The predicted octanol–water partition coefficient (Wildman–Crippen LogP) is 1.24. The number of aliphatic hydroxyl groups excluding tert-OH is 1. The lowest BCUT2D eigenvalue weighted by molar-refractivity contribution is 0.0916. The third-order valence-electron chi connectivity index (χ3n) is 3.96. The highest BCUT2D eigenvalue weighted by atomic mass is 32.2. The molecular weight excluding hydrogens is 292 g/mol. The standard InChI is InChI=1S/C14H24N2O4S/c1-3-7-16-9-12(8-11(16)10-17)21(18,19)15-13-5-4-6-14(13)20-2/h8-9,13-15,17H,3-7,10H2,1-2H3. The van der Waals surface area contributed by atoms with Crippen LogP contribution in [0.1, 0.15) is 38.3 Å². The fraction of sp³-hybridized carbons (Fsp3) is 0.714. The molecule has 1 aromatic rings. The van der Waals surface area contributed by atoms with Crippen LogP contribution in [0.2, 0.25) is 0 Å². The summed E-state index contributed by atoms with van der Waals surface area (Å²) in [5.41, 5.74) is 0.618. The molecule has 1 aromatic heterocycles. The Morgan fingerprint density at radius 3 is 2.86 bits per heavy atom. The number of nitrogens with zero attached hydrogens (tertiary/aromatic N) is 1. The van der Waals surface area contributed by atoms with Gasteiger partial charge in [-0.3, -0.25) is 0 Å². The van der Waals surface area contributed by atoms with E-state index >= 15 is 0 Å². The zero-order valence-electron chi connectivity index (χ0n) is 12.6. The van der Waals surface area contributed by atoms with E-state index in [1.165, 1.54) is 6.07 Å². The summed E-state index contributed by atoms with van der Waals surface area (Å²) in [5, 5.41) is 9.33. The quantitative estimate of drug-likeness (QED) is 0.793. The summed E-state index contributed by atoms with van der Waals surface area (Å²) < 4.78 is 34.8. The van der Waals surface area contributed by atoms with Crippen LogP contribution in [0.25, 0.3) is 0 Å². The van der Waals surface area contributed by atoms with Gasteiger partial charge in [0.05, 0.1) is 17.6 Å². The monoisotopic (exact) mass is 316 g/mol. The van der Waals surface area contributed by atoms with Crippen molar-refractivity contribution >= 4 is 10.0 Å². The molecule has 21 heavy (non-hydrogen) atoms. The van der Waals surface area contributed by atoms with Gasteiger partial charge in [0.1, 0.15) is 0 Å². The third kappa shape index (κ3) is 3.66. The molecule has 1 aliphatic rings. The zero-order chi connectivity index (χ0) is 15.5. The summed E-state index contributed by atoms with van der Waals surface area (Å²) in [7, 11) is -1.97. The van der Waals surface area contributed by atoms with Crippen LogP contribution in [0.15, 0.2) is 17.2 Å². The van der Waals surface area contributed by atoms with Crippen LogP contribution in [0.5, 0.6) is 0 Å². The first-order valence-corrected chi connectivity index (χ1v) is 8.85. The van der Waals surface area contributed by atoms with Gasteiger partial charge in [0, 0.05) is 31.6 Å². The molecule has 120 valence electrons. The van der Waals surface area contributed by atoms with E-state index in [2.05, 4.69) is 4.72 Å². The fourth-order valence-electron chi connectivity index (χ4n) is 2.86. The second kappa shape index (κ2) is 6.91. The molecule has 0 aliphatic heterocycles. The maximum Gasteiger partial charge on any atom is 0.242 e. The predicted molar refractivity (Wildman–Crippen MR) is 79.4 cm³/mol. The Hall–Kier alpha value is -0.890. The van der Waals surface area contributed by atoms with Crippen molar-refractivity contribution in [2.24, 2.45) is 0 Å². The van der Waals surface area contributed by atoms with Crippen molar-refractivity contribution in [3.63, 3.8) is 0 Å². The Kier molecular flexibility index (Phi) is 5.43. The summed E-state index contributed by atoms with van der Waals surface area (Å²) in [6.07, 6.45) is 5.04.